The van der Waals surface area contributed by atoms with E-state index < -0.39 is 0 Å². The first kappa shape index (κ1) is 22.2. The minimum absolute atomic E-state index is 0.0429. The van der Waals surface area contributed by atoms with E-state index in [0.717, 1.165) is 58.7 Å². The maximum absolute atomic E-state index is 11.9. The molecule has 0 spiro atoms. The van der Waals surface area contributed by atoms with Crippen molar-refractivity contribution in [2.75, 3.05) is 53.1 Å². The third kappa shape index (κ3) is 9.71. The number of rotatable bonds is 11. The number of guanidine groups is 1. The van der Waals surface area contributed by atoms with E-state index in [1.807, 2.05) is 18.2 Å². The summed E-state index contributed by atoms with van der Waals surface area (Å²) in [6, 6.07) is 10.1. The Hall–Kier alpha value is -2.12. The lowest BCUT2D eigenvalue weighted by atomic mass is 10.0. The largest absolute Gasteiger partial charge is 0.381 e. The van der Waals surface area contributed by atoms with Gasteiger partial charge in [0.2, 0.25) is 5.91 Å². The van der Waals surface area contributed by atoms with Crippen molar-refractivity contribution in [3.63, 3.8) is 0 Å². The van der Waals surface area contributed by atoms with Crippen LogP contribution in [0.25, 0.3) is 0 Å². The molecule has 0 aliphatic carbocycles. The van der Waals surface area contributed by atoms with Crippen LogP contribution in [0, 0.1) is 5.92 Å². The summed E-state index contributed by atoms with van der Waals surface area (Å²) in [6.07, 6.45) is 3.92. The first-order chi connectivity index (χ1) is 13.8. The van der Waals surface area contributed by atoms with Crippen molar-refractivity contribution in [3.8, 4) is 0 Å². The van der Waals surface area contributed by atoms with Gasteiger partial charge in [0.25, 0.3) is 0 Å². The third-order valence-electron chi connectivity index (χ3n) is 4.67. The number of ether oxygens (including phenoxy) is 2. The molecule has 1 aromatic carbocycles. The molecule has 7 nitrogen and oxygen atoms in total. The molecule has 1 heterocycles. The molecular weight excluding hydrogens is 356 g/mol. The van der Waals surface area contributed by atoms with Gasteiger partial charge in [-0.3, -0.25) is 9.79 Å². The van der Waals surface area contributed by atoms with Gasteiger partial charge >= 0.3 is 0 Å². The smallest absolute Gasteiger partial charge is 0.239 e. The van der Waals surface area contributed by atoms with Crippen molar-refractivity contribution in [1.29, 1.82) is 0 Å². The number of carbonyl (C=O) groups excluding carboxylic acids is 1. The molecule has 0 saturated carbocycles. The fraction of sp³-hybridized carbons (Fsp3) is 0.619. The second-order valence-electron chi connectivity index (χ2n) is 6.92. The summed E-state index contributed by atoms with van der Waals surface area (Å²) in [5.41, 5.74) is 1.22. The third-order valence-corrected chi connectivity index (χ3v) is 4.67. The number of carbonyl (C=O) groups is 1. The molecule has 1 saturated heterocycles. The standard InChI is InChI=1S/C21H34N4O3/c1-22-21(24-11-5-13-28-17-19-9-14-27-15-10-19)25-16-20(26)23-12-8-18-6-3-2-4-7-18/h2-4,6-7,19H,5,8-17H2,1H3,(H,23,26)(H2,22,24,25). The molecule has 28 heavy (non-hydrogen) atoms. The number of nitrogens with one attached hydrogen (secondary N) is 3. The lowest BCUT2D eigenvalue weighted by molar-refractivity contribution is -0.119. The fourth-order valence-electron chi connectivity index (χ4n) is 2.98. The summed E-state index contributed by atoms with van der Waals surface area (Å²) in [6.45, 7) is 4.84. The first-order valence-electron chi connectivity index (χ1n) is 10.2. The van der Waals surface area contributed by atoms with Crippen molar-refractivity contribution in [2.24, 2.45) is 10.9 Å². The number of aliphatic imine (C=N–C) groups is 1. The Kier molecular flexibility index (Phi) is 11.1. The predicted octanol–water partition coefficient (Wildman–Crippen LogP) is 1.34. The summed E-state index contributed by atoms with van der Waals surface area (Å²) in [5, 5.41) is 9.15. The van der Waals surface area contributed by atoms with Crippen molar-refractivity contribution < 1.29 is 14.3 Å². The van der Waals surface area contributed by atoms with Crippen LogP contribution in [-0.2, 0) is 20.7 Å². The highest BCUT2D eigenvalue weighted by Crippen LogP contribution is 2.14. The van der Waals surface area contributed by atoms with Crippen LogP contribution in [0.5, 0.6) is 0 Å². The Balaban J connectivity index is 1.46. The van der Waals surface area contributed by atoms with E-state index >= 15 is 0 Å². The van der Waals surface area contributed by atoms with Gasteiger partial charge in [0.05, 0.1) is 6.54 Å². The van der Waals surface area contributed by atoms with Crippen LogP contribution in [0.4, 0.5) is 0 Å². The normalized spacial score (nSPS) is 15.2. The van der Waals surface area contributed by atoms with Gasteiger partial charge in [0, 0.05) is 46.6 Å². The van der Waals surface area contributed by atoms with E-state index in [1.54, 1.807) is 7.05 Å². The van der Waals surface area contributed by atoms with Crippen LogP contribution < -0.4 is 16.0 Å². The maximum Gasteiger partial charge on any atom is 0.239 e. The van der Waals surface area contributed by atoms with Gasteiger partial charge in [-0.2, -0.15) is 0 Å². The molecule has 156 valence electrons. The number of nitrogens with zero attached hydrogens (tertiary/aromatic N) is 1. The van der Waals surface area contributed by atoms with Crippen LogP contribution in [0.1, 0.15) is 24.8 Å². The second-order valence-corrected chi connectivity index (χ2v) is 6.92. The van der Waals surface area contributed by atoms with Crippen LogP contribution in [0.2, 0.25) is 0 Å². The number of hydrogen-bond donors (Lipinski definition) is 3. The van der Waals surface area contributed by atoms with Gasteiger partial charge < -0.3 is 25.4 Å². The van der Waals surface area contributed by atoms with E-state index in [4.69, 9.17) is 9.47 Å². The monoisotopic (exact) mass is 390 g/mol. The molecule has 1 aliphatic rings. The molecular formula is C21H34N4O3. The van der Waals surface area contributed by atoms with Crippen LogP contribution in [0.3, 0.4) is 0 Å². The predicted molar refractivity (Wildman–Crippen MR) is 111 cm³/mol. The average molecular weight is 391 g/mol. The van der Waals surface area contributed by atoms with Crippen LogP contribution in [-0.4, -0.2) is 65.0 Å². The van der Waals surface area contributed by atoms with Gasteiger partial charge in [-0.25, -0.2) is 0 Å². The van der Waals surface area contributed by atoms with Gasteiger partial charge in [-0.15, -0.1) is 0 Å². The molecule has 0 unspecified atom stereocenters. The fourth-order valence-corrected chi connectivity index (χ4v) is 2.98. The SMILES string of the molecule is CN=C(NCCCOCC1CCOCC1)NCC(=O)NCCc1ccccc1. The van der Waals surface area contributed by atoms with E-state index in [2.05, 4.69) is 33.1 Å². The molecule has 1 fully saturated rings. The number of benzene rings is 1. The zero-order valence-corrected chi connectivity index (χ0v) is 16.9. The van der Waals surface area contributed by atoms with Gasteiger partial charge in [0.15, 0.2) is 5.96 Å². The molecule has 1 aromatic rings. The average Bonchev–Trinajstić information content (AvgIpc) is 2.74. The van der Waals surface area contributed by atoms with Crippen molar-refractivity contribution in [1.82, 2.24) is 16.0 Å². The molecule has 7 heteroatoms. The topological polar surface area (TPSA) is 84.0 Å². The Morgan fingerprint density at radius 2 is 1.93 bits per heavy atom. The number of amides is 1. The highest BCUT2D eigenvalue weighted by atomic mass is 16.5. The molecule has 0 atom stereocenters. The van der Waals surface area contributed by atoms with Crippen LogP contribution in [0.15, 0.2) is 35.3 Å². The van der Waals surface area contributed by atoms with Gasteiger partial charge in [-0.1, -0.05) is 30.3 Å². The lowest BCUT2D eigenvalue weighted by Crippen LogP contribution is -2.43. The zero-order valence-electron chi connectivity index (χ0n) is 16.9. The van der Waals surface area contributed by atoms with E-state index in [0.29, 0.717) is 18.4 Å². The molecule has 1 amide bonds. The van der Waals surface area contributed by atoms with Gasteiger partial charge in [-0.05, 0) is 37.2 Å². The van der Waals surface area contributed by atoms with Crippen molar-refractivity contribution >= 4 is 11.9 Å². The summed E-state index contributed by atoms with van der Waals surface area (Å²) in [5.74, 6) is 1.22. The molecule has 3 N–H and O–H groups in total. The summed E-state index contributed by atoms with van der Waals surface area (Å²) >= 11 is 0. The maximum atomic E-state index is 11.9. The Morgan fingerprint density at radius 3 is 2.68 bits per heavy atom. The van der Waals surface area contributed by atoms with Gasteiger partial charge in [0.1, 0.15) is 0 Å². The summed E-state index contributed by atoms with van der Waals surface area (Å²) in [4.78, 5) is 16.1. The van der Waals surface area contributed by atoms with E-state index in [-0.39, 0.29) is 12.5 Å². The van der Waals surface area contributed by atoms with Crippen molar-refractivity contribution in [2.45, 2.75) is 25.7 Å². The first-order valence-corrected chi connectivity index (χ1v) is 10.2. The second kappa shape index (κ2) is 14.0. The highest BCUT2D eigenvalue weighted by molar-refractivity contribution is 5.86. The van der Waals surface area contributed by atoms with E-state index in [9.17, 15) is 4.79 Å². The minimum atomic E-state index is -0.0429. The molecule has 0 bridgehead atoms. The molecule has 1 aliphatic heterocycles. The number of hydrogen-bond acceptors (Lipinski definition) is 4. The summed E-state index contributed by atoms with van der Waals surface area (Å²) in [7, 11) is 1.70. The quantitative estimate of drug-likeness (QED) is 0.302. The molecule has 0 aromatic heterocycles. The highest BCUT2D eigenvalue weighted by Gasteiger charge is 2.13. The van der Waals surface area contributed by atoms with Crippen molar-refractivity contribution in [3.05, 3.63) is 35.9 Å². The van der Waals surface area contributed by atoms with E-state index in [1.165, 1.54) is 5.56 Å². The summed E-state index contributed by atoms with van der Waals surface area (Å²) < 4.78 is 11.1. The van der Waals surface area contributed by atoms with Crippen LogP contribution >= 0.6 is 0 Å². The Bertz CT molecular complexity index is 574. The molecule has 0 radical (unpaired) electrons. The lowest BCUT2D eigenvalue weighted by Gasteiger charge is -2.21. The Labute approximate surface area is 168 Å². The minimum Gasteiger partial charge on any atom is -0.381 e. The Morgan fingerprint density at radius 1 is 1.14 bits per heavy atom. The zero-order chi connectivity index (χ0) is 19.9. The molecule has 2 rings (SSSR count).